The van der Waals surface area contributed by atoms with Crippen LogP contribution in [0.25, 0.3) is 22.6 Å². The number of carbonyl (C=O) groups excluding carboxylic acids is 1. The van der Waals surface area contributed by atoms with Crippen LogP contribution in [-0.4, -0.2) is 25.7 Å². The molecule has 1 aliphatic carbocycles. The normalized spacial score (nSPS) is 12.7. The van der Waals surface area contributed by atoms with Gasteiger partial charge in [-0.15, -0.1) is 11.3 Å². The van der Waals surface area contributed by atoms with Gasteiger partial charge in [0.05, 0.1) is 5.69 Å². The van der Waals surface area contributed by atoms with Gasteiger partial charge in [-0.25, -0.2) is 4.98 Å². The van der Waals surface area contributed by atoms with E-state index in [-0.39, 0.29) is 12.5 Å². The first-order valence-electron chi connectivity index (χ1n) is 9.85. The molecule has 0 bridgehead atoms. The molecule has 2 N–H and O–H groups in total. The third kappa shape index (κ3) is 4.19. The van der Waals surface area contributed by atoms with Crippen LogP contribution in [0.15, 0.2) is 47.8 Å². The number of carbonyl (C=O) groups is 1. The van der Waals surface area contributed by atoms with E-state index in [0.717, 1.165) is 29.7 Å². The number of thiazole rings is 1. The molecule has 1 amide bonds. The number of amides is 1. The van der Waals surface area contributed by atoms with Crippen molar-refractivity contribution in [3.8, 4) is 22.6 Å². The zero-order valence-electron chi connectivity index (χ0n) is 16.4. The average molecular weight is 468 g/mol. The highest BCUT2D eigenvalue weighted by Crippen LogP contribution is 2.30. The maximum absolute atomic E-state index is 12.7. The lowest BCUT2D eigenvalue weighted by molar-refractivity contribution is -0.116. The Morgan fingerprint density at radius 2 is 1.94 bits per heavy atom. The van der Waals surface area contributed by atoms with Gasteiger partial charge in [-0.05, 0) is 72.9 Å². The third-order valence-electron chi connectivity index (χ3n) is 5.31. The van der Waals surface area contributed by atoms with E-state index in [1.54, 1.807) is 16.7 Å². The summed E-state index contributed by atoms with van der Waals surface area (Å²) in [6, 6.07) is 13.7. The van der Waals surface area contributed by atoms with E-state index >= 15 is 0 Å². The standard InChI is InChI=1S/C22H18ClN5OS2/c23-17-8-6-14(7-9-17)20-26-27-22(30)28(20)11-19(29)25-21-24-18(12-31-21)16-5-4-13-2-1-3-15(13)10-16/h4-10,12H,1-3,11H2,(H,27,30)(H,24,25,29). The van der Waals surface area contributed by atoms with Crippen LogP contribution in [0, 0.1) is 4.77 Å². The quantitative estimate of drug-likeness (QED) is 0.379. The molecular weight excluding hydrogens is 450 g/mol. The van der Waals surface area contributed by atoms with Gasteiger partial charge in [0.2, 0.25) is 5.91 Å². The first-order chi connectivity index (χ1) is 15.1. The third-order valence-corrected chi connectivity index (χ3v) is 6.63. The first-order valence-corrected chi connectivity index (χ1v) is 11.5. The summed E-state index contributed by atoms with van der Waals surface area (Å²) in [7, 11) is 0. The van der Waals surface area contributed by atoms with Gasteiger partial charge in [0.25, 0.3) is 0 Å². The summed E-state index contributed by atoms with van der Waals surface area (Å²) in [5.74, 6) is 0.359. The Morgan fingerprint density at radius 3 is 2.77 bits per heavy atom. The molecule has 0 atom stereocenters. The molecule has 0 radical (unpaired) electrons. The van der Waals surface area contributed by atoms with Gasteiger partial charge >= 0.3 is 0 Å². The Balaban J connectivity index is 1.32. The fourth-order valence-corrected chi connectivity index (χ4v) is 4.84. The molecule has 6 nitrogen and oxygen atoms in total. The Labute approximate surface area is 192 Å². The van der Waals surface area contributed by atoms with Crippen molar-refractivity contribution in [3.63, 3.8) is 0 Å². The van der Waals surface area contributed by atoms with E-state index in [9.17, 15) is 4.79 Å². The molecule has 0 saturated carbocycles. The second-order valence-corrected chi connectivity index (χ2v) is 9.05. The number of aromatic nitrogens is 4. The molecule has 0 unspecified atom stereocenters. The van der Waals surface area contributed by atoms with Crippen molar-refractivity contribution in [2.24, 2.45) is 0 Å². The van der Waals surface area contributed by atoms with Crippen molar-refractivity contribution in [1.29, 1.82) is 0 Å². The molecule has 31 heavy (non-hydrogen) atoms. The minimum Gasteiger partial charge on any atom is -0.300 e. The first kappa shape index (κ1) is 20.1. The summed E-state index contributed by atoms with van der Waals surface area (Å²) in [6.07, 6.45) is 3.49. The number of halogens is 1. The van der Waals surface area contributed by atoms with Crippen LogP contribution >= 0.6 is 35.2 Å². The number of nitrogens with zero attached hydrogens (tertiary/aromatic N) is 3. The van der Waals surface area contributed by atoms with Crippen molar-refractivity contribution < 1.29 is 4.79 Å². The van der Waals surface area contributed by atoms with Crippen LogP contribution < -0.4 is 5.32 Å². The molecule has 2 aromatic heterocycles. The summed E-state index contributed by atoms with van der Waals surface area (Å²) in [5, 5.41) is 13.0. The molecular formula is C22H18ClN5OS2. The Bertz CT molecular complexity index is 1320. The fourth-order valence-electron chi connectivity index (χ4n) is 3.78. The van der Waals surface area contributed by atoms with Crippen molar-refractivity contribution in [3.05, 3.63) is 68.8 Å². The Kier molecular flexibility index (Phi) is 5.43. The molecule has 156 valence electrons. The number of H-pyrrole nitrogens is 1. The zero-order chi connectivity index (χ0) is 21.4. The number of anilines is 1. The monoisotopic (exact) mass is 467 g/mol. The van der Waals surface area contributed by atoms with E-state index in [4.69, 9.17) is 23.8 Å². The smallest absolute Gasteiger partial charge is 0.246 e. The van der Waals surface area contributed by atoms with Crippen LogP contribution in [0.1, 0.15) is 17.5 Å². The predicted octanol–water partition coefficient (Wildman–Crippen LogP) is 5.51. The van der Waals surface area contributed by atoms with Crippen molar-refractivity contribution in [2.45, 2.75) is 25.8 Å². The van der Waals surface area contributed by atoms with E-state index in [1.165, 1.54) is 28.9 Å². The van der Waals surface area contributed by atoms with E-state index in [2.05, 4.69) is 38.7 Å². The molecule has 0 saturated heterocycles. The number of hydrogen-bond acceptors (Lipinski definition) is 5. The van der Waals surface area contributed by atoms with E-state index in [0.29, 0.717) is 20.7 Å². The Morgan fingerprint density at radius 1 is 1.16 bits per heavy atom. The summed E-state index contributed by atoms with van der Waals surface area (Å²) in [6.45, 7) is 0.0288. The lowest BCUT2D eigenvalue weighted by atomic mass is 10.1. The predicted molar refractivity (Wildman–Crippen MR) is 126 cm³/mol. The van der Waals surface area contributed by atoms with Gasteiger partial charge < -0.3 is 5.32 Å². The lowest BCUT2D eigenvalue weighted by Crippen LogP contribution is -2.19. The zero-order valence-corrected chi connectivity index (χ0v) is 18.8. The number of nitrogens with one attached hydrogen (secondary N) is 2. The largest absolute Gasteiger partial charge is 0.300 e. The SMILES string of the molecule is O=C(Cn1c(-c2ccc(Cl)cc2)n[nH]c1=S)Nc1nc(-c2ccc3c(c2)CCC3)cs1. The van der Waals surface area contributed by atoms with Crippen molar-refractivity contribution >= 4 is 46.2 Å². The highest BCUT2D eigenvalue weighted by atomic mass is 35.5. The minimum atomic E-state index is -0.220. The maximum atomic E-state index is 12.7. The molecule has 0 aliphatic heterocycles. The van der Waals surface area contributed by atoms with Crippen molar-refractivity contribution in [1.82, 2.24) is 19.7 Å². The number of fused-ring (bicyclic) bond motifs is 1. The molecule has 4 aromatic rings. The average Bonchev–Trinajstić information content (AvgIpc) is 3.49. The summed E-state index contributed by atoms with van der Waals surface area (Å²) < 4.78 is 2.03. The second-order valence-electron chi connectivity index (χ2n) is 7.37. The lowest BCUT2D eigenvalue weighted by Gasteiger charge is -2.07. The van der Waals surface area contributed by atoms with Gasteiger partial charge in [0, 0.05) is 21.5 Å². The van der Waals surface area contributed by atoms with Gasteiger partial charge in [-0.1, -0.05) is 23.7 Å². The van der Waals surface area contributed by atoms with Gasteiger partial charge in [0.15, 0.2) is 15.7 Å². The van der Waals surface area contributed by atoms with Gasteiger partial charge in [-0.3, -0.25) is 14.5 Å². The number of benzene rings is 2. The highest BCUT2D eigenvalue weighted by molar-refractivity contribution is 7.71. The molecule has 5 rings (SSSR count). The minimum absolute atomic E-state index is 0.0288. The van der Waals surface area contributed by atoms with Crippen molar-refractivity contribution in [2.75, 3.05) is 5.32 Å². The van der Waals surface area contributed by atoms with Crippen LogP contribution in [0.4, 0.5) is 5.13 Å². The second kappa shape index (κ2) is 8.37. The number of aromatic amines is 1. The van der Waals surface area contributed by atoms with E-state index < -0.39 is 0 Å². The van der Waals surface area contributed by atoms with E-state index in [1.807, 2.05) is 17.5 Å². The maximum Gasteiger partial charge on any atom is 0.246 e. The molecule has 2 aromatic carbocycles. The van der Waals surface area contributed by atoms with Crippen LogP contribution in [0.5, 0.6) is 0 Å². The molecule has 0 fully saturated rings. The molecule has 2 heterocycles. The molecule has 0 spiro atoms. The summed E-state index contributed by atoms with van der Waals surface area (Å²) >= 11 is 12.7. The van der Waals surface area contributed by atoms with Gasteiger partial charge in [0.1, 0.15) is 6.54 Å². The number of hydrogen-bond donors (Lipinski definition) is 2. The summed E-state index contributed by atoms with van der Waals surface area (Å²) in [5.41, 5.74) is 5.61. The fraction of sp³-hybridized carbons (Fsp3) is 0.182. The topological polar surface area (TPSA) is 75.6 Å². The van der Waals surface area contributed by atoms with Crippen LogP contribution in [0.2, 0.25) is 5.02 Å². The number of rotatable bonds is 5. The van der Waals surface area contributed by atoms with Gasteiger partial charge in [-0.2, -0.15) is 5.10 Å². The molecule has 1 aliphatic rings. The Hall–Kier alpha value is -2.81. The summed E-state index contributed by atoms with van der Waals surface area (Å²) in [4.78, 5) is 17.3. The highest BCUT2D eigenvalue weighted by Gasteiger charge is 2.15. The van der Waals surface area contributed by atoms with Crippen LogP contribution in [0.3, 0.4) is 0 Å². The molecule has 9 heteroatoms. The van der Waals surface area contributed by atoms with Crippen LogP contribution in [-0.2, 0) is 24.2 Å². The number of aryl methyl sites for hydroxylation is 2.